The molecule has 2 N–H and O–H groups in total. The highest BCUT2D eigenvalue weighted by Gasteiger charge is 2.21. The van der Waals surface area contributed by atoms with Gasteiger partial charge in [-0.25, -0.2) is 9.59 Å². The van der Waals surface area contributed by atoms with Crippen LogP contribution in [0.1, 0.15) is 13.3 Å². The van der Waals surface area contributed by atoms with E-state index in [-0.39, 0.29) is 18.8 Å². The van der Waals surface area contributed by atoms with Crippen molar-refractivity contribution in [1.82, 2.24) is 0 Å². The van der Waals surface area contributed by atoms with Gasteiger partial charge in [-0.1, -0.05) is 6.58 Å². The van der Waals surface area contributed by atoms with Crippen LogP contribution in [0.4, 0.5) is 0 Å². The molecule has 0 bridgehead atoms. The van der Waals surface area contributed by atoms with Gasteiger partial charge in [0.15, 0.2) is 6.10 Å². The average Bonchev–Trinajstić information content (AvgIpc) is 2.21. The Morgan fingerprint density at radius 3 is 2.24 bits per heavy atom. The molecule has 0 aromatic rings. The minimum Gasteiger partial charge on any atom is -0.481 e. The monoisotopic (exact) mass is 246 g/mol. The zero-order valence-corrected chi connectivity index (χ0v) is 9.34. The van der Waals surface area contributed by atoms with Crippen LogP contribution in [0.15, 0.2) is 12.2 Å². The van der Waals surface area contributed by atoms with Crippen molar-refractivity contribution in [1.29, 1.82) is 0 Å². The topological polar surface area (TPSA) is 110 Å². The molecule has 0 spiro atoms. The molecule has 0 rings (SSSR count). The van der Waals surface area contributed by atoms with Crippen molar-refractivity contribution in [2.45, 2.75) is 19.4 Å². The van der Waals surface area contributed by atoms with E-state index >= 15 is 0 Å². The molecule has 0 aliphatic heterocycles. The van der Waals surface area contributed by atoms with Crippen LogP contribution in [-0.2, 0) is 23.9 Å². The third-order valence-corrected chi connectivity index (χ3v) is 1.62. The second-order valence-corrected chi connectivity index (χ2v) is 3.21. The largest absolute Gasteiger partial charge is 0.481 e. The van der Waals surface area contributed by atoms with E-state index < -0.39 is 30.4 Å². The van der Waals surface area contributed by atoms with Crippen LogP contribution >= 0.6 is 0 Å². The molecule has 7 nitrogen and oxygen atoms in total. The fourth-order valence-corrected chi connectivity index (χ4v) is 0.824. The molecule has 96 valence electrons. The van der Waals surface area contributed by atoms with Crippen LogP contribution in [0.3, 0.4) is 0 Å². The molecule has 0 saturated heterocycles. The van der Waals surface area contributed by atoms with Gasteiger partial charge in [-0.05, 0) is 6.92 Å². The minimum absolute atomic E-state index is 0.158. The number of carbonyl (C=O) groups excluding carboxylic acids is 1. The number of rotatable bonds is 8. The van der Waals surface area contributed by atoms with Crippen molar-refractivity contribution in [2.75, 3.05) is 13.2 Å². The molecule has 0 heterocycles. The van der Waals surface area contributed by atoms with Crippen LogP contribution in [0, 0.1) is 0 Å². The van der Waals surface area contributed by atoms with Gasteiger partial charge >= 0.3 is 17.9 Å². The van der Waals surface area contributed by atoms with E-state index in [1.165, 1.54) is 6.92 Å². The lowest BCUT2D eigenvalue weighted by molar-refractivity contribution is -0.158. The van der Waals surface area contributed by atoms with Gasteiger partial charge in [0, 0.05) is 5.57 Å². The number of esters is 1. The molecule has 0 aliphatic carbocycles. The van der Waals surface area contributed by atoms with Gasteiger partial charge in [0.05, 0.1) is 13.0 Å². The third-order valence-electron chi connectivity index (χ3n) is 1.62. The molecule has 0 saturated carbocycles. The Bertz CT molecular complexity index is 321. The second kappa shape index (κ2) is 7.39. The summed E-state index contributed by atoms with van der Waals surface area (Å²) in [5, 5.41) is 17.0. The third kappa shape index (κ3) is 7.07. The Morgan fingerprint density at radius 1 is 1.24 bits per heavy atom. The first-order valence-electron chi connectivity index (χ1n) is 4.73. The molecular formula is C10H14O7. The molecule has 1 atom stereocenters. The van der Waals surface area contributed by atoms with E-state index in [0.717, 1.165) is 0 Å². The van der Waals surface area contributed by atoms with E-state index in [2.05, 4.69) is 11.3 Å². The van der Waals surface area contributed by atoms with Gasteiger partial charge in [-0.2, -0.15) is 0 Å². The maximum atomic E-state index is 10.9. The van der Waals surface area contributed by atoms with Crippen molar-refractivity contribution in [3.63, 3.8) is 0 Å². The Labute approximate surface area is 97.6 Å². The molecule has 1 unspecified atom stereocenters. The number of carboxylic acids is 2. The van der Waals surface area contributed by atoms with Gasteiger partial charge < -0.3 is 19.7 Å². The lowest BCUT2D eigenvalue weighted by atomic mass is 10.2. The van der Waals surface area contributed by atoms with Gasteiger partial charge in [0.2, 0.25) is 0 Å². The zero-order chi connectivity index (χ0) is 13.4. The number of carboxylic acid groups (broad SMARTS) is 2. The Balaban J connectivity index is 3.91. The first-order chi connectivity index (χ1) is 7.84. The Kier molecular flexibility index (Phi) is 6.57. The molecular weight excluding hydrogens is 232 g/mol. The van der Waals surface area contributed by atoms with Crippen LogP contribution < -0.4 is 0 Å². The van der Waals surface area contributed by atoms with Gasteiger partial charge in [0.1, 0.15) is 6.61 Å². The summed E-state index contributed by atoms with van der Waals surface area (Å²) in [4.78, 5) is 31.8. The summed E-state index contributed by atoms with van der Waals surface area (Å²) >= 11 is 0. The van der Waals surface area contributed by atoms with E-state index in [1.54, 1.807) is 0 Å². The standard InChI is InChI=1S/C10H14O7/c1-6(2)10(15)17-4-3-16-7(9(13)14)5-8(11)12/h7H,1,3-5H2,2H3,(H,11,12)(H,13,14). The SMILES string of the molecule is C=C(C)C(=O)OCCOC(CC(=O)O)C(=O)O. The van der Waals surface area contributed by atoms with Crippen LogP contribution in [-0.4, -0.2) is 47.4 Å². The Morgan fingerprint density at radius 2 is 1.82 bits per heavy atom. The van der Waals surface area contributed by atoms with Gasteiger partial charge in [0.25, 0.3) is 0 Å². The molecule has 0 aromatic heterocycles. The summed E-state index contributed by atoms with van der Waals surface area (Å²) in [6.45, 7) is 4.47. The molecule has 0 amide bonds. The highest BCUT2D eigenvalue weighted by molar-refractivity contribution is 5.86. The fraction of sp³-hybridized carbons (Fsp3) is 0.500. The van der Waals surface area contributed by atoms with Crippen LogP contribution in [0.2, 0.25) is 0 Å². The normalized spacial score (nSPS) is 11.6. The van der Waals surface area contributed by atoms with Gasteiger partial charge in [-0.15, -0.1) is 0 Å². The highest BCUT2D eigenvalue weighted by Crippen LogP contribution is 2.00. The minimum atomic E-state index is -1.45. The van der Waals surface area contributed by atoms with Crippen molar-refractivity contribution < 1.29 is 34.1 Å². The van der Waals surface area contributed by atoms with Gasteiger partial charge in [-0.3, -0.25) is 4.79 Å². The quantitative estimate of drug-likeness (QED) is 0.353. The second-order valence-electron chi connectivity index (χ2n) is 3.21. The average molecular weight is 246 g/mol. The number of hydrogen-bond donors (Lipinski definition) is 2. The van der Waals surface area contributed by atoms with Crippen molar-refractivity contribution in [2.24, 2.45) is 0 Å². The zero-order valence-electron chi connectivity index (χ0n) is 9.34. The number of ether oxygens (including phenoxy) is 2. The summed E-state index contributed by atoms with van der Waals surface area (Å²) in [5.74, 6) is -3.27. The predicted octanol–water partition coefficient (Wildman–Crippen LogP) is 0.0502. The molecule has 0 fully saturated rings. The summed E-state index contributed by atoms with van der Waals surface area (Å²) in [5.41, 5.74) is 0.213. The maximum Gasteiger partial charge on any atom is 0.333 e. The van der Waals surface area contributed by atoms with E-state index in [4.69, 9.17) is 14.9 Å². The number of hydrogen-bond acceptors (Lipinski definition) is 5. The first kappa shape index (κ1) is 15.1. The molecule has 0 radical (unpaired) electrons. The summed E-state index contributed by atoms with van der Waals surface area (Å²) < 4.78 is 9.39. The molecule has 0 aromatic carbocycles. The lowest BCUT2D eigenvalue weighted by Crippen LogP contribution is -2.28. The van der Waals surface area contributed by atoms with Crippen LogP contribution in [0.5, 0.6) is 0 Å². The van der Waals surface area contributed by atoms with Crippen LogP contribution in [0.25, 0.3) is 0 Å². The lowest BCUT2D eigenvalue weighted by Gasteiger charge is -2.11. The number of carbonyl (C=O) groups is 3. The summed E-state index contributed by atoms with van der Waals surface area (Å²) in [6.07, 6.45) is -2.10. The molecule has 7 heteroatoms. The predicted molar refractivity (Wildman–Crippen MR) is 55.4 cm³/mol. The van der Waals surface area contributed by atoms with Crippen molar-refractivity contribution in [3.05, 3.63) is 12.2 Å². The highest BCUT2D eigenvalue weighted by atomic mass is 16.6. The van der Waals surface area contributed by atoms with E-state index in [0.29, 0.717) is 0 Å². The van der Waals surface area contributed by atoms with E-state index in [1.807, 2.05) is 0 Å². The van der Waals surface area contributed by atoms with E-state index in [9.17, 15) is 14.4 Å². The maximum absolute atomic E-state index is 10.9. The van der Waals surface area contributed by atoms with Crippen molar-refractivity contribution >= 4 is 17.9 Å². The Hall–Kier alpha value is -1.89. The van der Waals surface area contributed by atoms with Crippen molar-refractivity contribution in [3.8, 4) is 0 Å². The smallest absolute Gasteiger partial charge is 0.333 e. The fourth-order valence-electron chi connectivity index (χ4n) is 0.824. The molecule has 0 aliphatic rings. The number of aliphatic carboxylic acids is 2. The molecule has 17 heavy (non-hydrogen) atoms. The summed E-state index contributed by atoms with van der Waals surface area (Å²) in [6, 6.07) is 0. The first-order valence-corrected chi connectivity index (χ1v) is 4.73. The summed E-state index contributed by atoms with van der Waals surface area (Å²) in [7, 11) is 0.